The molecule has 0 aromatic heterocycles. The maximum atomic E-state index is 10.8. The Balaban J connectivity index is 2.29. The van der Waals surface area contributed by atoms with Gasteiger partial charge in [-0.15, -0.1) is 0 Å². The van der Waals surface area contributed by atoms with Crippen LogP contribution in [0.25, 0.3) is 0 Å². The molecule has 1 aliphatic rings. The topological polar surface area (TPSA) is 46.2 Å². The van der Waals surface area contributed by atoms with Crippen molar-refractivity contribution in [1.29, 1.82) is 0 Å². The van der Waals surface area contributed by atoms with Gasteiger partial charge in [0, 0.05) is 5.92 Å². The van der Waals surface area contributed by atoms with Crippen LogP contribution >= 0.6 is 0 Å². The highest BCUT2D eigenvalue weighted by Crippen LogP contribution is 2.28. The van der Waals surface area contributed by atoms with Gasteiger partial charge in [0.05, 0.1) is 0 Å². The molecule has 54 valence electrons. The van der Waals surface area contributed by atoms with Crippen molar-refractivity contribution in [2.75, 3.05) is 0 Å². The third-order valence-electron chi connectivity index (χ3n) is 1.38. The summed E-state index contributed by atoms with van der Waals surface area (Å²) in [4.78, 5) is 21.3. The van der Waals surface area contributed by atoms with Crippen LogP contribution in [0.4, 0.5) is 0 Å². The fourth-order valence-electron chi connectivity index (χ4n) is 0.620. The molecule has 0 radical (unpaired) electrons. The number of amides is 2. The Morgan fingerprint density at radius 3 is 2.50 bits per heavy atom. The first kappa shape index (κ1) is 6.99. The second kappa shape index (κ2) is 2.64. The van der Waals surface area contributed by atoms with E-state index in [2.05, 4.69) is 11.9 Å². The molecule has 1 N–H and O–H groups in total. The molecule has 0 saturated heterocycles. The second-order valence-electron chi connectivity index (χ2n) is 2.33. The van der Waals surface area contributed by atoms with Crippen LogP contribution in [0.3, 0.4) is 0 Å². The van der Waals surface area contributed by atoms with Crippen LogP contribution in [0.15, 0.2) is 12.7 Å². The summed E-state index contributed by atoms with van der Waals surface area (Å²) >= 11 is 0. The maximum Gasteiger partial charge on any atom is 0.249 e. The molecule has 10 heavy (non-hydrogen) atoms. The van der Waals surface area contributed by atoms with Crippen LogP contribution < -0.4 is 5.32 Å². The van der Waals surface area contributed by atoms with Crippen LogP contribution in [0.2, 0.25) is 0 Å². The Morgan fingerprint density at radius 2 is 2.10 bits per heavy atom. The molecule has 1 aliphatic carbocycles. The van der Waals surface area contributed by atoms with Crippen molar-refractivity contribution < 1.29 is 9.59 Å². The largest absolute Gasteiger partial charge is 0.293 e. The van der Waals surface area contributed by atoms with Gasteiger partial charge in [-0.05, 0) is 18.9 Å². The van der Waals surface area contributed by atoms with Gasteiger partial charge in [-0.2, -0.15) is 0 Å². The number of carbonyl (C=O) groups is 2. The Hall–Kier alpha value is -1.12. The molecule has 0 aliphatic heterocycles. The lowest BCUT2D eigenvalue weighted by atomic mass is 10.4. The normalized spacial score (nSPS) is 16.0. The number of nitrogens with one attached hydrogen (secondary N) is 1. The summed E-state index contributed by atoms with van der Waals surface area (Å²) in [6, 6.07) is 0. The Kier molecular flexibility index (Phi) is 1.85. The van der Waals surface area contributed by atoms with Crippen LogP contribution in [0, 0.1) is 5.92 Å². The molecule has 0 aromatic rings. The highest BCUT2D eigenvalue weighted by atomic mass is 16.2. The molecule has 0 aromatic carbocycles. The quantitative estimate of drug-likeness (QED) is 0.556. The van der Waals surface area contributed by atoms with Gasteiger partial charge in [-0.3, -0.25) is 14.9 Å². The smallest absolute Gasteiger partial charge is 0.249 e. The summed E-state index contributed by atoms with van der Waals surface area (Å²) in [6.07, 6.45) is 2.92. The molecule has 0 heterocycles. The van der Waals surface area contributed by atoms with Crippen LogP contribution in [-0.2, 0) is 9.59 Å². The fraction of sp³-hybridized carbons (Fsp3) is 0.429. The molecule has 1 fully saturated rings. The van der Waals surface area contributed by atoms with Crippen molar-refractivity contribution in [3.05, 3.63) is 12.7 Å². The van der Waals surface area contributed by atoms with Gasteiger partial charge in [0.15, 0.2) is 0 Å². The molecule has 0 bridgehead atoms. The number of imide groups is 1. The fourth-order valence-corrected chi connectivity index (χ4v) is 0.620. The lowest BCUT2D eigenvalue weighted by molar-refractivity contribution is -0.128. The predicted octanol–water partition coefficient (Wildman–Crippen LogP) is 0.225. The highest BCUT2D eigenvalue weighted by molar-refractivity contribution is 6.01. The first-order chi connectivity index (χ1) is 4.74. The van der Waals surface area contributed by atoms with E-state index in [-0.39, 0.29) is 11.8 Å². The Labute approximate surface area is 59.1 Å². The standard InChI is InChI=1S/C7H9NO2/c1-2-6(9)8-7(10)5-3-4-5/h2,5H,1,3-4H2,(H,8,9,10). The van der Waals surface area contributed by atoms with Crippen molar-refractivity contribution in [2.24, 2.45) is 5.92 Å². The van der Waals surface area contributed by atoms with E-state index in [9.17, 15) is 9.59 Å². The first-order valence-electron chi connectivity index (χ1n) is 3.21. The Morgan fingerprint density at radius 1 is 1.50 bits per heavy atom. The average Bonchev–Trinajstić information content (AvgIpc) is 2.68. The second-order valence-corrected chi connectivity index (χ2v) is 2.33. The highest BCUT2D eigenvalue weighted by Gasteiger charge is 2.30. The molecule has 3 nitrogen and oxygen atoms in total. The van der Waals surface area contributed by atoms with Gasteiger partial charge < -0.3 is 0 Å². The first-order valence-corrected chi connectivity index (χ1v) is 3.21. The van der Waals surface area contributed by atoms with E-state index in [4.69, 9.17) is 0 Å². The van der Waals surface area contributed by atoms with E-state index in [1.54, 1.807) is 0 Å². The van der Waals surface area contributed by atoms with E-state index in [0.29, 0.717) is 0 Å². The number of carbonyl (C=O) groups excluding carboxylic acids is 2. The van der Waals surface area contributed by atoms with Crippen molar-refractivity contribution in [3.63, 3.8) is 0 Å². The third kappa shape index (κ3) is 1.69. The van der Waals surface area contributed by atoms with Gasteiger partial charge in [-0.25, -0.2) is 0 Å². The van der Waals surface area contributed by atoms with Gasteiger partial charge in [0.25, 0.3) is 0 Å². The zero-order valence-corrected chi connectivity index (χ0v) is 5.59. The maximum absolute atomic E-state index is 10.8. The number of hydrogen-bond acceptors (Lipinski definition) is 2. The van der Waals surface area contributed by atoms with Gasteiger partial charge >= 0.3 is 0 Å². The van der Waals surface area contributed by atoms with Gasteiger partial charge in [0.1, 0.15) is 0 Å². The number of rotatable bonds is 2. The number of hydrogen-bond donors (Lipinski definition) is 1. The molecule has 3 heteroatoms. The lowest BCUT2D eigenvalue weighted by Crippen LogP contribution is -2.29. The summed E-state index contributed by atoms with van der Waals surface area (Å²) in [6.45, 7) is 3.23. The van der Waals surface area contributed by atoms with E-state index in [1.807, 2.05) is 0 Å². The lowest BCUT2D eigenvalue weighted by Gasteiger charge is -1.95. The van der Waals surface area contributed by atoms with Crippen molar-refractivity contribution in [3.8, 4) is 0 Å². The van der Waals surface area contributed by atoms with E-state index in [0.717, 1.165) is 18.9 Å². The summed E-state index contributed by atoms with van der Waals surface area (Å²) < 4.78 is 0. The summed E-state index contributed by atoms with van der Waals surface area (Å²) in [5.41, 5.74) is 0. The van der Waals surface area contributed by atoms with Crippen LogP contribution in [-0.4, -0.2) is 11.8 Å². The van der Waals surface area contributed by atoms with Crippen molar-refractivity contribution in [1.82, 2.24) is 5.32 Å². The van der Waals surface area contributed by atoms with E-state index >= 15 is 0 Å². The monoisotopic (exact) mass is 139 g/mol. The zero-order valence-electron chi connectivity index (χ0n) is 5.59. The van der Waals surface area contributed by atoms with Gasteiger partial charge in [0.2, 0.25) is 11.8 Å². The minimum Gasteiger partial charge on any atom is -0.293 e. The minimum atomic E-state index is -0.406. The zero-order chi connectivity index (χ0) is 7.56. The van der Waals surface area contributed by atoms with Crippen LogP contribution in [0.5, 0.6) is 0 Å². The van der Waals surface area contributed by atoms with Crippen molar-refractivity contribution >= 4 is 11.8 Å². The minimum absolute atomic E-state index is 0.0869. The molecule has 1 rings (SSSR count). The molecule has 0 unspecified atom stereocenters. The molecular formula is C7H9NO2. The van der Waals surface area contributed by atoms with Crippen LogP contribution in [0.1, 0.15) is 12.8 Å². The predicted molar refractivity (Wildman–Crippen MR) is 36.1 cm³/mol. The van der Waals surface area contributed by atoms with E-state index < -0.39 is 5.91 Å². The van der Waals surface area contributed by atoms with Crippen molar-refractivity contribution in [2.45, 2.75) is 12.8 Å². The molecule has 0 spiro atoms. The molecule has 0 atom stereocenters. The molecule has 1 saturated carbocycles. The molecular weight excluding hydrogens is 130 g/mol. The molecule has 2 amide bonds. The summed E-state index contributed by atoms with van der Waals surface area (Å²) in [5.74, 6) is -0.481. The average molecular weight is 139 g/mol. The third-order valence-corrected chi connectivity index (χ3v) is 1.38. The summed E-state index contributed by atoms with van der Waals surface area (Å²) in [5, 5.41) is 2.20. The SMILES string of the molecule is C=CC(=O)NC(=O)C1CC1. The van der Waals surface area contributed by atoms with Gasteiger partial charge in [-0.1, -0.05) is 6.58 Å². The van der Waals surface area contributed by atoms with E-state index in [1.165, 1.54) is 0 Å². The Bertz CT molecular complexity index is 182. The summed E-state index contributed by atoms with van der Waals surface area (Å²) in [7, 11) is 0.